The summed E-state index contributed by atoms with van der Waals surface area (Å²) in [6.45, 7) is 0. The zero-order valence-corrected chi connectivity index (χ0v) is 16.8. The van der Waals surface area contributed by atoms with Gasteiger partial charge in [-0.05, 0) is 18.2 Å². The van der Waals surface area contributed by atoms with Crippen LogP contribution < -0.4 is 9.62 Å². The SMILES string of the molecule is CN1c2ccccc2-c2nc(SCC(=O)Nc3ccccc3F)ncc2S1(=O)=O. The van der Waals surface area contributed by atoms with Crippen LogP contribution in [0.15, 0.2) is 64.8 Å². The third kappa shape index (κ3) is 3.56. The molecule has 0 radical (unpaired) electrons. The average Bonchev–Trinajstić information content (AvgIpc) is 2.72. The molecular formula is C19H15FN4O3S2. The van der Waals surface area contributed by atoms with Gasteiger partial charge in [-0.2, -0.15) is 0 Å². The number of carbonyl (C=O) groups excluding carboxylic acids is 1. The molecule has 1 amide bonds. The molecule has 29 heavy (non-hydrogen) atoms. The Hall–Kier alpha value is -2.98. The molecule has 0 saturated carbocycles. The molecular weight excluding hydrogens is 415 g/mol. The fraction of sp³-hybridized carbons (Fsp3) is 0.105. The number of aromatic nitrogens is 2. The third-order valence-electron chi connectivity index (χ3n) is 4.35. The van der Waals surface area contributed by atoms with E-state index in [1.165, 1.54) is 35.7 Å². The smallest absolute Gasteiger partial charge is 0.267 e. The maximum Gasteiger partial charge on any atom is 0.267 e. The third-order valence-corrected chi connectivity index (χ3v) is 6.98. The summed E-state index contributed by atoms with van der Waals surface area (Å²) in [5, 5.41) is 2.74. The summed E-state index contributed by atoms with van der Waals surface area (Å²) in [6, 6.07) is 12.9. The van der Waals surface area contributed by atoms with Crippen molar-refractivity contribution in [2.24, 2.45) is 0 Å². The van der Waals surface area contributed by atoms with Crippen LogP contribution in [0, 0.1) is 5.82 Å². The fourth-order valence-corrected chi connectivity index (χ4v) is 4.82. The number of rotatable bonds is 4. The van der Waals surface area contributed by atoms with E-state index in [0.29, 0.717) is 16.9 Å². The molecule has 2 heterocycles. The minimum atomic E-state index is -3.75. The van der Waals surface area contributed by atoms with E-state index in [-0.39, 0.29) is 21.5 Å². The van der Waals surface area contributed by atoms with Crippen molar-refractivity contribution in [3.05, 3.63) is 60.5 Å². The van der Waals surface area contributed by atoms with Crippen LogP contribution in [0.3, 0.4) is 0 Å². The van der Waals surface area contributed by atoms with Gasteiger partial charge in [0.15, 0.2) is 5.16 Å². The van der Waals surface area contributed by atoms with Crippen LogP contribution in [0.25, 0.3) is 11.3 Å². The number of benzene rings is 2. The monoisotopic (exact) mass is 430 g/mol. The first kappa shape index (κ1) is 19.3. The number of anilines is 2. The first-order chi connectivity index (χ1) is 13.9. The molecule has 1 aromatic heterocycles. The zero-order chi connectivity index (χ0) is 20.6. The maximum absolute atomic E-state index is 13.6. The minimum Gasteiger partial charge on any atom is -0.323 e. The topological polar surface area (TPSA) is 92.3 Å². The van der Waals surface area contributed by atoms with Crippen molar-refractivity contribution in [3.63, 3.8) is 0 Å². The van der Waals surface area contributed by atoms with E-state index in [1.807, 2.05) is 0 Å². The summed E-state index contributed by atoms with van der Waals surface area (Å²) in [7, 11) is -2.27. The Labute approximate surface area is 171 Å². The highest BCUT2D eigenvalue weighted by atomic mass is 32.2. The number of hydrogen-bond donors (Lipinski definition) is 1. The Morgan fingerprint density at radius 3 is 2.69 bits per heavy atom. The van der Waals surface area contributed by atoms with Gasteiger partial charge in [0.05, 0.1) is 29.0 Å². The summed E-state index contributed by atoms with van der Waals surface area (Å²) >= 11 is 1.04. The first-order valence-corrected chi connectivity index (χ1v) is 10.9. The molecule has 148 valence electrons. The van der Waals surface area contributed by atoms with Crippen molar-refractivity contribution in [1.29, 1.82) is 0 Å². The second-order valence-electron chi connectivity index (χ2n) is 6.17. The van der Waals surface area contributed by atoms with Gasteiger partial charge >= 0.3 is 0 Å². The van der Waals surface area contributed by atoms with Gasteiger partial charge in [-0.3, -0.25) is 9.10 Å². The van der Waals surface area contributed by atoms with E-state index in [9.17, 15) is 17.6 Å². The molecule has 7 nitrogen and oxygen atoms in total. The van der Waals surface area contributed by atoms with Crippen molar-refractivity contribution in [2.45, 2.75) is 10.1 Å². The summed E-state index contributed by atoms with van der Waals surface area (Å²) in [6.07, 6.45) is 1.25. The van der Waals surface area contributed by atoms with Gasteiger partial charge in [-0.15, -0.1) is 0 Å². The lowest BCUT2D eigenvalue weighted by atomic mass is 10.1. The molecule has 0 bridgehead atoms. The average molecular weight is 430 g/mol. The summed E-state index contributed by atoms with van der Waals surface area (Å²) < 4.78 is 40.3. The van der Waals surface area contributed by atoms with E-state index >= 15 is 0 Å². The van der Waals surface area contributed by atoms with Gasteiger partial charge in [0.25, 0.3) is 10.0 Å². The molecule has 4 rings (SSSR count). The van der Waals surface area contributed by atoms with Crippen LogP contribution in [0.1, 0.15) is 0 Å². The Kier molecular flexibility index (Phi) is 4.97. The molecule has 3 aromatic rings. The van der Waals surface area contributed by atoms with Crippen LogP contribution in [0.2, 0.25) is 0 Å². The minimum absolute atomic E-state index is 0.0128. The number of fused-ring (bicyclic) bond motifs is 3. The number of carbonyl (C=O) groups is 1. The highest BCUT2D eigenvalue weighted by Crippen LogP contribution is 2.41. The van der Waals surface area contributed by atoms with Crippen molar-refractivity contribution in [3.8, 4) is 11.3 Å². The molecule has 0 fully saturated rings. The van der Waals surface area contributed by atoms with Gasteiger partial charge < -0.3 is 5.32 Å². The van der Waals surface area contributed by atoms with Crippen LogP contribution in [-0.2, 0) is 14.8 Å². The lowest BCUT2D eigenvalue weighted by Crippen LogP contribution is -2.31. The number of sulfonamides is 1. The van der Waals surface area contributed by atoms with Crippen LogP contribution in [0.5, 0.6) is 0 Å². The number of halogens is 1. The zero-order valence-electron chi connectivity index (χ0n) is 15.2. The van der Waals surface area contributed by atoms with Crippen LogP contribution >= 0.6 is 11.8 Å². The molecule has 1 N–H and O–H groups in total. The standard InChI is InChI=1S/C19H15FN4O3S2/c1-24-15-9-5-2-6-12(15)18-16(29(24,26)27)10-21-19(23-18)28-11-17(25)22-14-8-4-3-7-13(14)20/h2-10H,11H2,1H3,(H,22,25). The van der Waals surface area contributed by atoms with E-state index in [4.69, 9.17) is 0 Å². The predicted molar refractivity (Wildman–Crippen MR) is 109 cm³/mol. The van der Waals surface area contributed by atoms with Gasteiger partial charge in [0, 0.05) is 12.6 Å². The molecule has 0 saturated heterocycles. The van der Waals surface area contributed by atoms with E-state index in [1.54, 1.807) is 30.3 Å². The van der Waals surface area contributed by atoms with Gasteiger partial charge in [0.1, 0.15) is 10.7 Å². The van der Waals surface area contributed by atoms with Gasteiger partial charge in [-0.1, -0.05) is 42.1 Å². The van der Waals surface area contributed by atoms with Crippen molar-refractivity contribution >= 4 is 39.1 Å². The maximum atomic E-state index is 13.6. The lowest BCUT2D eigenvalue weighted by molar-refractivity contribution is -0.113. The molecule has 1 aliphatic heterocycles. The van der Waals surface area contributed by atoms with Gasteiger partial charge in [0.2, 0.25) is 5.91 Å². The molecule has 0 unspecified atom stereocenters. The van der Waals surface area contributed by atoms with E-state index in [0.717, 1.165) is 11.8 Å². The summed E-state index contributed by atoms with van der Waals surface area (Å²) in [5.41, 5.74) is 1.57. The number of nitrogens with zero attached hydrogens (tertiary/aromatic N) is 3. The quantitative estimate of drug-likeness (QED) is 0.505. The van der Waals surface area contributed by atoms with E-state index < -0.39 is 21.7 Å². The molecule has 1 aliphatic rings. The fourth-order valence-electron chi connectivity index (χ4n) is 2.91. The predicted octanol–water partition coefficient (Wildman–Crippen LogP) is 3.15. The first-order valence-electron chi connectivity index (χ1n) is 8.50. The Balaban J connectivity index is 1.58. The van der Waals surface area contributed by atoms with Crippen LogP contribution in [0.4, 0.5) is 15.8 Å². The Bertz CT molecular complexity index is 1220. The summed E-state index contributed by atoms with van der Waals surface area (Å²) in [5.74, 6) is -1.00. The number of nitrogens with one attached hydrogen (secondary N) is 1. The highest BCUT2D eigenvalue weighted by Gasteiger charge is 2.34. The van der Waals surface area contributed by atoms with Crippen LogP contribution in [-0.4, -0.2) is 37.1 Å². The largest absolute Gasteiger partial charge is 0.323 e. The number of thioether (sulfide) groups is 1. The number of amides is 1. The van der Waals surface area contributed by atoms with Crippen molar-refractivity contribution in [1.82, 2.24) is 9.97 Å². The highest BCUT2D eigenvalue weighted by molar-refractivity contribution is 7.99. The number of para-hydroxylation sites is 2. The lowest BCUT2D eigenvalue weighted by Gasteiger charge is -2.28. The molecule has 0 aliphatic carbocycles. The molecule has 0 spiro atoms. The molecule has 10 heteroatoms. The second kappa shape index (κ2) is 7.45. The van der Waals surface area contributed by atoms with Crippen molar-refractivity contribution < 1.29 is 17.6 Å². The second-order valence-corrected chi connectivity index (χ2v) is 9.05. The summed E-state index contributed by atoms with van der Waals surface area (Å²) in [4.78, 5) is 20.6. The normalized spacial score (nSPS) is 14.1. The Morgan fingerprint density at radius 2 is 1.90 bits per heavy atom. The van der Waals surface area contributed by atoms with Crippen molar-refractivity contribution in [2.75, 3.05) is 22.4 Å². The molecule has 2 aromatic carbocycles. The number of hydrogen-bond acceptors (Lipinski definition) is 6. The Morgan fingerprint density at radius 1 is 1.17 bits per heavy atom. The van der Waals surface area contributed by atoms with Gasteiger partial charge in [-0.25, -0.2) is 22.8 Å². The van der Waals surface area contributed by atoms with E-state index in [2.05, 4.69) is 15.3 Å². The molecule has 0 atom stereocenters.